The summed E-state index contributed by atoms with van der Waals surface area (Å²) in [6, 6.07) is 8.30. The Bertz CT molecular complexity index is 787. The fraction of sp³-hybridized carbons (Fsp3) is 0.814. The molecule has 1 aromatic carbocycles. The second kappa shape index (κ2) is 39.5. The van der Waals surface area contributed by atoms with Crippen molar-refractivity contribution in [1.82, 2.24) is 0 Å². The maximum Gasteiger partial charge on any atom is 0.147 e. The van der Waals surface area contributed by atoms with Crippen molar-refractivity contribution in [2.75, 3.05) is 46.6 Å². The number of hydrogen-bond donors (Lipinski definition) is 1. The first-order valence-electron chi connectivity index (χ1n) is 20.6. The third-order valence-electron chi connectivity index (χ3n) is 9.23. The quantitative estimate of drug-likeness (QED) is 0.0419. The number of rotatable bonds is 41. The lowest BCUT2D eigenvalue weighted by atomic mass is 10.0. The summed E-state index contributed by atoms with van der Waals surface area (Å²) in [6.07, 6.45) is 35.5. The van der Waals surface area contributed by atoms with Crippen LogP contribution in [0, 0.1) is 0 Å². The minimum absolute atomic E-state index is 0.340. The van der Waals surface area contributed by atoms with Crippen LogP contribution < -0.4 is 0 Å². The predicted octanol–water partition coefficient (Wildman–Crippen LogP) is 12.0. The van der Waals surface area contributed by atoms with Crippen LogP contribution in [0.4, 0.5) is 0 Å². The lowest BCUT2D eigenvalue weighted by Gasteiger charge is -2.11. The van der Waals surface area contributed by atoms with Crippen LogP contribution in [0.2, 0.25) is 0 Å². The Kier molecular flexibility index (Phi) is 36.9. The Hall–Kier alpha value is -1.28. The predicted molar refractivity (Wildman–Crippen MR) is 206 cm³/mol. The van der Waals surface area contributed by atoms with E-state index in [0.717, 1.165) is 50.2 Å². The lowest BCUT2D eigenvalue weighted by Crippen LogP contribution is -2.06. The molecule has 1 aromatic rings. The largest absolute Gasteiger partial charge is 0.396 e. The molecule has 0 saturated carbocycles. The van der Waals surface area contributed by atoms with Crippen molar-refractivity contribution in [1.29, 1.82) is 0 Å². The highest BCUT2D eigenvalue weighted by Crippen LogP contribution is 2.15. The van der Waals surface area contributed by atoms with Crippen LogP contribution in [0.25, 0.3) is 0 Å². The third-order valence-corrected chi connectivity index (χ3v) is 9.23. The second-order valence-electron chi connectivity index (χ2n) is 13.8. The van der Waals surface area contributed by atoms with Gasteiger partial charge < -0.3 is 28.8 Å². The summed E-state index contributed by atoms with van der Waals surface area (Å²) >= 11 is 0. The van der Waals surface area contributed by atoms with E-state index in [4.69, 9.17) is 28.8 Å². The van der Waals surface area contributed by atoms with E-state index < -0.39 is 0 Å². The molecule has 0 aliphatic carbocycles. The molecule has 0 amide bonds. The summed E-state index contributed by atoms with van der Waals surface area (Å²) in [5.74, 6) is 0. The van der Waals surface area contributed by atoms with Gasteiger partial charge in [-0.2, -0.15) is 0 Å². The van der Waals surface area contributed by atoms with Crippen LogP contribution in [-0.2, 0) is 36.9 Å². The van der Waals surface area contributed by atoms with Crippen molar-refractivity contribution in [2.24, 2.45) is 0 Å². The molecule has 286 valence electrons. The molecule has 0 radical (unpaired) electrons. The number of hydrogen-bond acceptors (Lipinski definition) is 6. The number of unbranched alkanes of at least 4 members (excludes halogenated alkanes) is 24. The van der Waals surface area contributed by atoms with Gasteiger partial charge in [0.05, 0.1) is 19.8 Å². The lowest BCUT2D eigenvalue weighted by molar-refractivity contribution is -0.0679. The minimum atomic E-state index is 0.340. The van der Waals surface area contributed by atoms with Crippen LogP contribution in [0.5, 0.6) is 0 Å². The molecule has 0 aliphatic heterocycles. The first-order chi connectivity index (χ1) is 24.4. The van der Waals surface area contributed by atoms with Crippen molar-refractivity contribution in [3.63, 3.8) is 0 Å². The molecule has 0 spiro atoms. The van der Waals surface area contributed by atoms with E-state index in [0.29, 0.717) is 40.0 Å². The van der Waals surface area contributed by atoms with Gasteiger partial charge in [0, 0.05) is 26.4 Å². The number of aliphatic hydroxyl groups excluding tert-OH is 1. The van der Waals surface area contributed by atoms with Crippen molar-refractivity contribution in [3.05, 3.63) is 48.0 Å². The van der Waals surface area contributed by atoms with Gasteiger partial charge in [-0.1, -0.05) is 172 Å². The van der Waals surface area contributed by atoms with Crippen LogP contribution in [0.3, 0.4) is 0 Å². The SMILES string of the molecule is C=CCOCCCCCCCCCCCCCCCOCOCc1ccccc1COCOCCCCCCCCCCCCCCCO. The summed E-state index contributed by atoms with van der Waals surface area (Å²) in [6.45, 7) is 8.89. The molecule has 1 rings (SSSR count). The van der Waals surface area contributed by atoms with Crippen LogP contribution in [0.1, 0.15) is 178 Å². The summed E-state index contributed by atoms with van der Waals surface area (Å²) in [5.41, 5.74) is 2.29. The monoisotopic (exact) mass is 691 g/mol. The molecular weight excluding hydrogens is 612 g/mol. The first-order valence-corrected chi connectivity index (χ1v) is 20.6. The van der Waals surface area contributed by atoms with E-state index in [9.17, 15) is 0 Å². The molecule has 0 unspecified atom stereocenters. The Balaban J connectivity index is 1.84. The number of ether oxygens (including phenoxy) is 5. The van der Waals surface area contributed by atoms with Crippen molar-refractivity contribution >= 4 is 0 Å². The van der Waals surface area contributed by atoms with Gasteiger partial charge >= 0.3 is 0 Å². The molecule has 6 nitrogen and oxygen atoms in total. The van der Waals surface area contributed by atoms with Gasteiger partial charge in [-0.15, -0.1) is 6.58 Å². The Morgan fingerprint density at radius 1 is 0.408 bits per heavy atom. The highest BCUT2D eigenvalue weighted by Gasteiger charge is 2.03. The molecular formula is C43H78O6. The molecule has 0 heterocycles. The van der Waals surface area contributed by atoms with E-state index >= 15 is 0 Å². The molecule has 0 aromatic heterocycles. The zero-order valence-electron chi connectivity index (χ0n) is 31.8. The van der Waals surface area contributed by atoms with Gasteiger partial charge in [-0.25, -0.2) is 0 Å². The molecule has 0 aliphatic rings. The van der Waals surface area contributed by atoms with E-state index in [2.05, 4.69) is 18.7 Å². The van der Waals surface area contributed by atoms with Crippen molar-refractivity contribution < 1.29 is 28.8 Å². The van der Waals surface area contributed by atoms with Gasteiger partial charge in [0.2, 0.25) is 0 Å². The fourth-order valence-corrected chi connectivity index (χ4v) is 6.16. The average Bonchev–Trinajstić information content (AvgIpc) is 3.12. The molecule has 6 heteroatoms. The zero-order valence-corrected chi connectivity index (χ0v) is 31.8. The minimum Gasteiger partial charge on any atom is -0.396 e. The highest BCUT2D eigenvalue weighted by atomic mass is 16.7. The maximum atomic E-state index is 8.81. The van der Waals surface area contributed by atoms with E-state index in [1.165, 1.54) is 148 Å². The second-order valence-corrected chi connectivity index (χ2v) is 13.8. The normalized spacial score (nSPS) is 11.4. The Morgan fingerprint density at radius 2 is 0.714 bits per heavy atom. The average molecular weight is 691 g/mol. The molecule has 0 fully saturated rings. The van der Waals surface area contributed by atoms with Crippen LogP contribution in [0.15, 0.2) is 36.9 Å². The third kappa shape index (κ3) is 33.6. The van der Waals surface area contributed by atoms with E-state index in [1.54, 1.807) is 0 Å². The smallest absolute Gasteiger partial charge is 0.147 e. The van der Waals surface area contributed by atoms with Crippen molar-refractivity contribution in [2.45, 2.75) is 180 Å². The van der Waals surface area contributed by atoms with Crippen LogP contribution in [-0.4, -0.2) is 51.7 Å². The van der Waals surface area contributed by atoms with Gasteiger partial charge in [-0.05, 0) is 36.8 Å². The topological polar surface area (TPSA) is 66.4 Å². The molecule has 1 N–H and O–H groups in total. The summed E-state index contributed by atoms with van der Waals surface area (Å²) < 4.78 is 28.5. The standard InChI is InChI=1S/C43H78O6/c1-2-34-45-35-28-22-18-14-10-7-4-8-12-16-20-24-30-37-47-41-49-39-43-32-26-25-31-42(43)38-48-40-46-36-29-23-19-15-11-6-3-5-9-13-17-21-27-33-44/h2,25-26,31-32,44H,1,3-24,27-30,33-41H2. The summed E-state index contributed by atoms with van der Waals surface area (Å²) in [7, 11) is 0. The van der Waals surface area contributed by atoms with Gasteiger partial charge in [-0.3, -0.25) is 0 Å². The number of benzene rings is 1. The molecule has 0 atom stereocenters. The maximum absolute atomic E-state index is 8.81. The summed E-state index contributed by atoms with van der Waals surface area (Å²) in [4.78, 5) is 0. The van der Waals surface area contributed by atoms with Crippen LogP contribution >= 0.6 is 0 Å². The van der Waals surface area contributed by atoms with Gasteiger partial charge in [0.1, 0.15) is 13.6 Å². The molecule has 49 heavy (non-hydrogen) atoms. The van der Waals surface area contributed by atoms with Crippen molar-refractivity contribution in [3.8, 4) is 0 Å². The first kappa shape index (κ1) is 45.7. The fourth-order valence-electron chi connectivity index (χ4n) is 6.16. The summed E-state index contributed by atoms with van der Waals surface area (Å²) in [5, 5.41) is 8.81. The molecule has 0 saturated heterocycles. The van der Waals surface area contributed by atoms with E-state index in [1.807, 2.05) is 18.2 Å². The zero-order chi connectivity index (χ0) is 35.0. The van der Waals surface area contributed by atoms with Gasteiger partial charge in [0.25, 0.3) is 0 Å². The molecule has 0 bridgehead atoms. The van der Waals surface area contributed by atoms with E-state index in [-0.39, 0.29) is 0 Å². The van der Waals surface area contributed by atoms with Gasteiger partial charge in [0.15, 0.2) is 0 Å². The Labute approximate surface area is 303 Å². The highest BCUT2D eigenvalue weighted by molar-refractivity contribution is 5.25. The Morgan fingerprint density at radius 3 is 1.04 bits per heavy atom. The number of aliphatic hydroxyl groups is 1.